The second-order valence-electron chi connectivity index (χ2n) is 7.08. The zero-order chi connectivity index (χ0) is 24.1. The summed E-state index contributed by atoms with van der Waals surface area (Å²) < 4.78 is 24.7. The van der Waals surface area contributed by atoms with E-state index in [1.807, 2.05) is 60.7 Å². The van der Waals surface area contributed by atoms with Crippen molar-refractivity contribution >= 4 is 29.4 Å². The topological polar surface area (TPSA) is 92.3 Å². The van der Waals surface area contributed by atoms with Gasteiger partial charge in [-0.3, -0.25) is 10.1 Å². The largest absolute Gasteiger partial charge is 0.452 e. The lowest BCUT2D eigenvalue weighted by Gasteiger charge is -2.07. The molecule has 4 aromatic rings. The van der Waals surface area contributed by atoms with Crippen LogP contribution in [0.2, 0.25) is 5.02 Å². The number of halogens is 2. The minimum atomic E-state index is -1.09. The number of esters is 1. The minimum absolute atomic E-state index is 0.0924. The number of anilines is 1. The molecule has 0 bridgehead atoms. The van der Waals surface area contributed by atoms with E-state index in [1.54, 1.807) is 0 Å². The van der Waals surface area contributed by atoms with Gasteiger partial charge >= 0.3 is 5.97 Å². The van der Waals surface area contributed by atoms with E-state index in [4.69, 9.17) is 20.8 Å². The second kappa shape index (κ2) is 10.0. The number of nitrogens with one attached hydrogen (secondary N) is 1. The molecule has 0 aliphatic heterocycles. The lowest BCUT2D eigenvalue weighted by Crippen LogP contribution is -2.21. The molecule has 0 fully saturated rings. The monoisotopic (exact) mass is 474 g/mol. The molecule has 3 aromatic carbocycles. The number of carbonyl (C=O) groups excluding carboxylic acids is 2. The zero-order valence-corrected chi connectivity index (χ0v) is 18.3. The van der Waals surface area contributed by atoms with Crippen molar-refractivity contribution in [1.82, 2.24) is 0 Å². The van der Waals surface area contributed by atoms with Gasteiger partial charge < -0.3 is 9.15 Å². The number of hydrogen-bond acceptors (Lipinski definition) is 5. The quantitative estimate of drug-likeness (QED) is 0.342. The van der Waals surface area contributed by atoms with Gasteiger partial charge in [-0.15, -0.1) is 0 Å². The fraction of sp³-hybridized carbons (Fsp3) is 0.0385. The van der Waals surface area contributed by atoms with E-state index in [-0.39, 0.29) is 16.5 Å². The number of carbonyl (C=O) groups is 2. The highest BCUT2D eigenvalue weighted by atomic mass is 35.5. The van der Waals surface area contributed by atoms with Gasteiger partial charge in [0, 0.05) is 11.1 Å². The number of amides is 1. The van der Waals surface area contributed by atoms with Crippen LogP contribution in [0.3, 0.4) is 0 Å². The molecule has 0 unspecified atom stereocenters. The van der Waals surface area contributed by atoms with Gasteiger partial charge in [0.1, 0.15) is 28.8 Å². The zero-order valence-electron chi connectivity index (χ0n) is 17.5. The number of benzene rings is 3. The molecule has 0 saturated carbocycles. The molecular weight excluding hydrogens is 459 g/mol. The number of furan rings is 1. The predicted octanol–water partition coefficient (Wildman–Crippen LogP) is 6.07. The summed E-state index contributed by atoms with van der Waals surface area (Å²) in [6.45, 7) is -0.740. The van der Waals surface area contributed by atoms with E-state index in [9.17, 15) is 19.2 Å². The molecule has 4 rings (SSSR count). The number of ether oxygens (including phenoxy) is 1. The van der Waals surface area contributed by atoms with E-state index >= 15 is 0 Å². The summed E-state index contributed by atoms with van der Waals surface area (Å²) in [5.74, 6) is -2.42. The Hall–Kier alpha value is -4.41. The first-order valence-corrected chi connectivity index (χ1v) is 10.5. The molecule has 6 nitrogen and oxygen atoms in total. The van der Waals surface area contributed by atoms with E-state index in [0.29, 0.717) is 16.9 Å². The van der Waals surface area contributed by atoms with Crippen LogP contribution < -0.4 is 5.32 Å². The van der Waals surface area contributed by atoms with Crippen LogP contribution in [0.5, 0.6) is 0 Å². The molecule has 0 aliphatic carbocycles. The number of rotatable bonds is 6. The highest BCUT2D eigenvalue weighted by molar-refractivity contribution is 6.33. The second-order valence-corrected chi connectivity index (χ2v) is 7.48. The van der Waals surface area contributed by atoms with Crippen molar-refractivity contribution in [3.05, 3.63) is 101 Å². The van der Waals surface area contributed by atoms with Crippen molar-refractivity contribution in [3.8, 4) is 28.5 Å². The average molecular weight is 475 g/mol. The van der Waals surface area contributed by atoms with Gasteiger partial charge in [-0.1, -0.05) is 78.3 Å². The minimum Gasteiger partial charge on any atom is -0.452 e. The summed E-state index contributed by atoms with van der Waals surface area (Å²) in [7, 11) is 0. The molecule has 1 N–H and O–H groups in total. The van der Waals surface area contributed by atoms with Crippen LogP contribution in [-0.4, -0.2) is 18.5 Å². The Balaban J connectivity index is 1.61. The maximum Gasteiger partial charge on any atom is 0.343 e. The summed E-state index contributed by atoms with van der Waals surface area (Å²) in [5.41, 5.74) is 1.59. The maximum atomic E-state index is 13.9. The molecular formula is C26H16ClFN2O4. The van der Waals surface area contributed by atoms with Crippen molar-refractivity contribution in [1.29, 1.82) is 5.26 Å². The van der Waals surface area contributed by atoms with Crippen LogP contribution in [-0.2, 0) is 9.53 Å². The van der Waals surface area contributed by atoms with Crippen molar-refractivity contribution in [3.63, 3.8) is 0 Å². The van der Waals surface area contributed by atoms with Gasteiger partial charge in [-0.05, 0) is 17.7 Å². The van der Waals surface area contributed by atoms with E-state index in [1.165, 1.54) is 12.1 Å². The number of nitrogens with zero attached hydrogens (tertiary/aromatic N) is 1. The van der Waals surface area contributed by atoms with Crippen LogP contribution in [0.1, 0.15) is 15.9 Å². The van der Waals surface area contributed by atoms with E-state index in [2.05, 4.69) is 11.4 Å². The molecule has 8 heteroatoms. The van der Waals surface area contributed by atoms with Crippen LogP contribution in [0.25, 0.3) is 22.5 Å². The van der Waals surface area contributed by atoms with Gasteiger partial charge in [0.15, 0.2) is 6.61 Å². The molecule has 1 aromatic heterocycles. The van der Waals surface area contributed by atoms with Crippen molar-refractivity contribution < 1.29 is 23.1 Å². The third-order valence-corrected chi connectivity index (χ3v) is 5.19. The Labute approximate surface area is 199 Å². The summed E-state index contributed by atoms with van der Waals surface area (Å²) >= 11 is 5.85. The van der Waals surface area contributed by atoms with Crippen molar-refractivity contribution in [2.24, 2.45) is 0 Å². The fourth-order valence-corrected chi connectivity index (χ4v) is 3.60. The first-order valence-electron chi connectivity index (χ1n) is 10.1. The van der Waals surface area contributed by atoms with Gasteiger partial charge in [-0.25, -0.2) is 9.18 Å². The SMILES string of the molecule is N#Cc1c(NC(=O)COC(=O)c2c(F)cccc2Cl)oc(-c2ccccc2)c1-c1ccccc1. The number of hydrogen-bond donors (Lipinski definition) is 1. The van der Waals surface area contributed by atoms with Crippen LogP contribution >= 0.6 is 11.6 Å². The highest BCUT2D eigenvalue weighted by Gasteiger charge is 2.25. The Bertz CT molecular complexity index is 1380. The summed E-state index contributed by atoms with van der Waals surface area (Å²) in [6.07, 6.45) is 0. The van der Waals surface area contributed by atoms with E-state index < -0.39 is 29.9 Å². The molecule has 168 valence electrons. The van der Waals surface area contributed by atoms with Crippen LogP contribution in [0.15, 0.2) is 83.3 Å². The molecule has 1 heterocycles. The van der Waals surface area contributed by atoms with E-state index in [0.717, 1.165) is 11.6 Å². The molecule has 0 atom stereocenters. The van der Waals surface area contributed by atoms with Gasteiger partial charge in [0.05, 0.1) is 5.02 Å². The molecule has 34 heavy (non-hydrogen) atoms. The Morgan fingerprint density at radius 3 is 2.24 bits per heavy atom. The molecule has 0 aliphatic rings. The first-order chi connectivity index (χ1) is 16.5. The Morgan fingerprint density at radius 2 is 1.62 bits per heavy atom. The van der Waals surface area contributed by atoms with Crippen molar-refractivity contribution in [2.45, 2.75) is 0 Å². The molecule has 1 amide bonds. The lowest BCUT2D eigenvalue weighted by atomic mass is 9.98. The lowest BCUT2D eigenvalue weighted by molar-refractivity contribution is -0.119. The summed E-state index contributed by atoms with van der Waals surface area (Å²) in [4.78, 5) is 24.7. The fourth-order valence-electron chi connectivity index (χ4n) is 3.36. The molecule has 0 saturated heterocycles. The normalized spacial score (nSPS) is 10.4. The predicted molar refractivity (Wildman–Crippen MR) is 125 cm³/mol. The number of nitriles is 1. The van der Waals surface area contributed by atoms with Crippen LogP contribution in [0.4, 0.5) is 10.3 Å². The van der Waals surface area contributed by atoms with Gasteiger partial charge in [-0.2, -0.15) is 5.26 Å². The average Bonchev–Trinajstić information content (AvgIpc) is 3.21. The summed E-state index contributed by atoms with van der Waals surface area (Å²) in [6, 6.07) is 24.1. The smallest absolute Gasteiger partial charge is 0.343 e. The third kappa shape index (κ3) is 4.68. The highest BCUT2D eigenvalue weighted by Crippen LogP contribution is 2.41. The molecule has 0 radical (unpaired) electrons. The third-order valence-electron chi connectivity index (χ3n) is 4.87. The van der Waals surface area contributed by atoms with Crippen molar-refractivity contribution in [2.75, 3.05) is 11.9 Å². The summed E-state index contributed by atoms with van der Waals surface area (Å²) in [5, 5.41) is 12.2. The van der Waals surface area contributed by atoms with Crippen LogP contribution in [0, 0.1) is 17.1 Å². The Kier molecular flexibility index (Phi) is 6.72. The Morgan fingerprint density at radius 1 is 0.971 bits per heavy atom. The maximum absolute atomic E-state index is 13.9. The van der Waals surface area contributed by atoms with Gasteiger partial charge in [0.2, 0.25) is 5.88 Å². The van der Waals surface area contributed by atoms with Gasteiger partial charge in [0.25, 0.3) is 5.91 Å². The first kappa shape index (κ1) is 22.8. The standard InChI is InChI=1S/C26H16ClFN2O4/c27-19-12-7-13-20(28)23(19)26(32)33-15-21(31)30-25-18(14-29)22(16-8-3-1-4-9-16)24(34-25)17-10-5-2-6-11-17/h1-13H,15H2,(H,30,31). The molecule has 0 spiro atoms.